The highest BCUT2D eigenvalue weighted by Crippen LogP contribution is 2.65. The van der Waals surface area contributed by atoms with Gasteiger partial charge in [-0.1, -0.05) is 18.2 Å². The fourth-order valence-electron chi connectivity index (χ4n) is 11.5. The molecule has 4 aromatic rings. The second kappa shape index (κ2) is 16.1. The Morgan fingerprint density at radius 3 is 2.53 bits per heavy atom. The van der Waals surface area contributed by atoms with E-state index in [4.69, 9.17) is 28.4 Å². The number of phenols is 2. The zero-order valence-corrected chi connectivity index (χ0v) is 37.9. The summed E-state index contributed by atoms with van der Waals surface area (Å²) in [7, 11) is 4.83. The van der Waals surface area contributed by atoms with Crippen molar-refractivity contribution in [2.24, 2.45) is 0 Å². The minimum atomic E-state index is -1.87. The molecular weight excluding hydrogens is 872 g/mol. The molecule has 1 amide bonds. The number of rotatable bonds is 5. The molecule has 2 fully saturated rings. The largest absolute Gasteiger partial charge is 0.504 e. The minimum Gasteiger partial charge on any atom is -0.504 e. The summed E-state index contributed by atoms with van der Waals surface area (Å²) < 4.78 is 50.8. The van der Waals surface area contributed by atoms with Gasteiger partial charge in [-0.15, -0.1) is 11.8 Å². The molecule has 0 unspecified atom stereocenters. The van der Waals surface area contributed by atoms with Gasteiger partial charge in [0, 0.05) is 59.6 Å². The van der Waals surface area contributed by atoms with Crippen molar-refractivity contribution >= 4 is 35.7 Å². The van der Waals surface area contributed by atoms with Crippen LogP contribution in [0.4, 0.5) is 4.39 Å². The van der Waals surface area contributed by atoms with Gasteiger partial charge in [-0.2, -0.15) is 5.26 Å². The van der Waals surface area contributed by atoms with E-state index >= 15 is 4.79 Å². The maximum atomic E-state index is 15.6. The van der Waals surface area contributed by atoms with E-state index in [1.807, 2.05) is 20.0 Å². The number of carbonyl (C=O) groups is 3. The van der Waals surface area contributed by atoms with E-state index in [2.05, 4.69) is 15.9 Å². The van der Waals surface area contributed by atoms with Crippen LogP contribution in [0, 0.1) is 31.0 Å². The number of halogens is 1. The molecule has 4 bridgehead atoms. The Balaban J connectivity index is 1.24. The van der Waals surface area contributed by atoms with Gasteiger partial charge < -0.3 is 43.5 Å². The van der Waals surface area contributed by atoms with E-state index in [0.29, 0.717) is 62.6 Å². The van der Waals surface area contributed by atoms with Gasteiger partial charge in [-0.3, -0.25) is 19.4 Å². The third-order valence-corrected chi connectivity index (χ3v) is 15.6. The van der Waals surface area contributed by atoms with Crippen LogP contribution in [0.1, 0.15) is 74.3 Å². The quantitative estimate of drug-likeness (QED) is 0.134. The van der Waals surface area contributed by atoms with Gasteiger partial charge in [0.25, 0.3) is 0 Å². The van der Waals surface area contributed by atoms with Crippen LogP contribution in [0.2, 0.25) is 0 Å². The normalized spacial score (nSPS) is 26.2. The SMILES string of the molecule is COc1cc2c(cc1O)CCN(C(=O)/C=C/c1cccc(F)c1)[C@]21CS[C@@H]2c3c(OC(C)=O)c(C)c4c(c3[C@H](COC1=O)N1[C@@H]2[C@H]2c3c(cc(C)c(OC)c3O)C[C@@H]([C@@H]1C#N)N2C)OCO4. The summed E-state index contributed by atoms with van der Waals surface area (Å²) in [5.74, 6) is -1.39. The van der Waals surface area contributed by atoms with Crippen molar-refractivity contribution in [3.8, 4) is 46.3 Å². The first-order valence-corrected chi connectivity index (χ1v) is 22.7. The van der Waals surface area contributed by atoms with Crippen LogP contribution in [0.25, 0.3) is 6.08 Å². The van der Waals surface area contributed by atoms with Gasteiger partial charge in [0.2, 0.25) is 12.7 Å². The summed E-state index contributed by atoms with van der Waals surface area (Å²) in [4.78, 5) is 49.2. The van der Waals surface area contributed by atoms with Gasteiger partial charge >= 0.3 is 11.9 Å². The summed E-state index contributed by atoms with van der Waals surface area (Å²) in [5, 5.41) is 33.8. The van der Waals surface area contributed by atoms with Crippen LogP contribution < -0.4 is 23.7 Å². The first-order chi connectivity index (χ1) is 31.7. The molecule has 4 aromatic carbocycles. The molecule has 66 heavy (non-hydrogen) atoms. The fourth-order valence-corrected chi connectivity index (χ4v) is 13.2. The summed E-state index contributed by atoms with van der Waals surface area (Å²) >= 11 is 1.31. The van der Waals surface area contributed by atoms with E-state index in [0.717, 1.165) is 11.1 Å². The van der Waals surface area contributed by atoms with Crippen LogP contribution in [0.15, 0.2) is 48.5 Å². The van der Waals surface area contributed by atoms with Crippen molar-refractivity contribution in [2.75, 3.05) is 47.0 Å². The van der Waals surface area contributed by atoms with E-state index in [1.165, 1.54) is 74.2 Å². The number of likely N-dealkylation sites (N-methyl/N-ethyl adjacent to an activating group) is 1. The maximum Gasteiger partial charge on any atom is 0.337 e. The Kier molecular flexibility index (Phi) is 10.6. The number of phenolic OH excluding ortho intramolecular Hbond substituents is 2. The van der Waals surface area contributed by atoms with Gasteiger partial charge in [-0.05, 0) is 91.9 Å². The monoisotopic (exact) mass is 918 g/mol. The number of amides is 1. The number of carbonyl (C=O) groups excluding carboxylic acids is 3. The highest BCUT2D eigenvalue weighted by Gasteiger charge is 2.63. The van der Waals surface area contributed by atoms with Crippen molar-refractivity contribution < 1.29 is 57.4 Å². The number of nitriles is 1. The molecule has 0 radical (unpaired) electrons. The zero-order valence-electron chi connectivity index (χ0n) is 37.0. The molecule has 7 heterocycles. The van der Waals surface area contributed by atoms with Crippen molar-refractivity contribution in [1.29, 1.82) is 5.26 Å². The second-order valence-electron chi connectivity index (χ2n) is 17.5. The third-order valence-electron chi connectivity index (χ3n) is 14.2. The highest BCUT2D eigenvalue weighted by molar-refractivity contribution is 7.99. The lowest BCUT2D eigenvalue weighted by atomic mass is 9.71. The van der Waals surface area contributed by atoms with Crippen LogP contribution in [-0.4, -0.2) is 108 Å². The zero-order chi connectivity index (χ0) is 46.5. The number of thioether (sulfide) groups is 1. The lowest BCUT2D eigenvalue weighted by Gasteiger charge is -2.62. The molecular formula is C49H47FN4O11S. The molecule has 15 nitrogen and oxygen atoms in total. The van der Waals surface area contributed by atoms with Gasteiger partial charge in [0.1, 0.15) is 24.2 Å². The van der Waals surface area contributed by atoms with E-state index in [-0.39, 0.29) is 61.2 Å². The Morgan fingerprint density at radius 2 is 1.80 bits per heavy atom. The summed E-state index contributed by atoms with van der Waals surface area (Å²) in [5.41, 5.74) is 3.34. The number of aryl methyl sites for hydroxylation is 1. The Bertz CT molecular complexity index is 2830. The number of aromatic hydroxyl groups is 2. The number of nitrogens with zero attached hydrogens (tertiary/aromatic N) is 4. The van der Waals surface area contributed by atoms with Crippen LogP contribution in [-0.2, 0) is 37.5 Å². The molecule has 0 aromatic heterocycles. The molecule has 11 rings (SSSR count). The molecule has 2 saturated heterocycles. The van der Waals surface area contributed by atoms with Gasteiger partial charge in [-0.25, -0.2) is 9.18 Å². The summed E-state index contributed by atoms with van der Waals surface area (Å²) in [6, 6.07) is 10.1. The molecule has 0 saturated carbocycles. The second-order valence-corrected chi connectivity index (χ2v) is 18.6. The predicted molar refractivity (Wildman–Crippen MR) is 237 cm³/mol. The maximum absolute atomic E-state index is 15.6. The average molecular weight is 919 g/mol. The molecule has 17 heteroatoms. The van der Waals surface area contributed by atoms with Crippen LogP contribution in [0.5, 0.6) is 40.2 Å². The lowest BCUT2D eigenvalue weighted by molar-refractivity contribution is -0.167. The van der Waals surface area contributed by atoms with Gasteiger partial charge in [0.15, 0.2) is 40.0 Å². The number of fused-ring (bicyclic) bond motifs is 9. The lowest BCUT2D eigenvalue weighted by Crippen LogP contribution is -2.69. The smallest absolute Gasteiger partial charge is 0.337 e. The fraction of sp³-hybridized carbons (Fsp3) is 0.388. The van der Waals surface area contributed by atoms with E-state index < -0.39 is 58.6 Å². The Labute approximate surface area is 384 Å². The van der Waals surface area contributed by atoms with Gasteiger partial charge in [0.05, 0.1) is 37.6 Å². The van der Waals surface area contributed by atoms with E-state index in [1.54, 1.807) is 19.1 Å². The van der Waals surface area contributed by atoms with Crippen molar-refractivity contribution in [3.05, 3.63) is 104 Å². The average Bonchev–Trinajstić information content (AvgIpc) is 3.78. The molecule has 0 aliphatic carbocycles. The molecule has 1 spiro atoms. The summed E-state index contributed by atoms with van der Waals surface area (Å²) in [6.07, 6.45) is 3.45. The summed E-state index contributed by atoms with van der Waals surface area (Å²) in [6.45, 7) is 4.48. The number of hydrogen-bond acceptors (Lipinski definition) is 15. The number of esters is 2. The molecule has 2 N–H and O–H groups in total. The number of ether oxygens (including phenoxy) is 6. The Morgan fingerprint density at radius 1 is 1.02 bits per heavy atom. The first-order valence-electron chi connectivity index (χ1n) is 21.6. The molecule has 7 aliphatic heterocycles. The van der Waals surface area contributed by atoms with Crippen molar-refractivity contribution in [1.82, 2.24) is 14.7 Å². The van der Waals surface area contributed by atoms with Crippen LogP contribution >= 0.6 is 11.8 Å². The molecule has 7 aliphatic rings. The Hall–Kier alpha value is -6.48. The minimum absolute atomic E-state index is 0.0292. The number of hydrogen-bond donors (Lipinski definition) is 2. The standard InChI is InChI=1S/C49H47FN4O11S/c1-23-14-28-16-31-32(19-51)54-33-20-62-48(59)49(30-18-35(60-5)34(56)17-27(30)12-13-53(49)36(57)11-10-26-8-7-9-29(50)15-26)21-66-47(41(54)40(52(31)4)37(28)42(58)43(23)61-6)39-38(33)46-45(63-22-64-46)24(2)44(39)65-25(3)55/h7-11,14-15,17-18,31-33,40-41,47,56,58H,12-13,16,20-22H2,1-6H3/b11-10+/t31-,32-,33-,40+,41+,47+,49+/m0/s1. The highest BCUT2D eigenvalue weighted by atomic mass is 32.2. The number of piperazine rings is 1. The van der Waals surface area contributed by atoms with Crippen molar-refractivity contribution in [2.45, 2.75) is 74.6 Å². The molecule has 7 atom stereocenters. The van der Waals surface area contributed by atoms with Crippen LogP contribution in [0.3, 0.4) is 0 Å². The first kappa shape index (κ1) is 43.4. The molecule has 342 valence electrons. The van der Waals surface area contributed by atoms with Crippen molar-refractivity contribution in [3.63, 3.8) is 0 Å². The number of benzene rings is 4. The predicted octanol–water partition coefficient (Wildman–Crippen LogP) is 6.08. The topological polar surface area (TPSA) is 181 Å². The number of methoxy groups -OCH3 is 2. The van der Waals surface area contributed by atoms with E-state index in [9.17, 15) is 29.5 Å². The third kappa shape index (κ3) is 6.32.